The summed E-state index contributed by atoms with van der Waals surface area (Å²) in [7, 11) is 0. The van der Waals surface area contributed by atoms with E-state index >= 15 is 0 Å². The van der Waals surface area contributed by atoms with E-state index in [2.05, 4.69) is 20.6 Å². The van der Waals surface area contributed by atoms with Gasteiger partial charge in [-0.15, -0.1) is 0 Å². The Balaban J connectivity index is 1.66. The molecule has 0 bridgehead atoms. The summed E-state index contributed by atoms with van der Waals surface area (Å²) < 4.78 is 0. The summed E-state index contributed by atoms with van der Waals surface area (Å²) in [6.07, 6.45) is 12.3. The van der Waals surface area contributed by atoms with Gasteiger partial charge < -0.3 is 10.6 Å². The number of amides is 2. The molecular formula is C21H26N4O2. The first-order chi connectivity index (χ1) is 13.1. The Morgan fingerprint density at radius 1 is 1.11 bits per heavy atom. The zero-order valence-corrected chi connectivity index (χ0v) is 15.7. The van der Waals surface area contributed by atoms with Crippen LogP contribution in [0, 0.1) is 0 Å². The van der Waals surface area contributed by atoms with Crippen molar-refractivity contribution in [1.29, 1.82) is 0 Å². The van der Waals surface area contributed by atoms with Crippen molar-refractivity contribution in [3.8, 4) is 0 Å². The number of pyridine rings is 2. The third-order valence-corrected chi connectivity index (χ3v) is 5.13. The van der Waals surface area contributed by atoms with Crippen LogP contribution in [0.15, 0.2) is 42.9 Å². The average molecular weight is 366 g/mol. The van der Waals surface area contributed by atoms with Gasteiger partial charge in [0.1, 0.15) is 5.82 Å². The smallest absolute Gasteiger partial charge is 0.253 e. The lowest BCUT2D eigenvalue weighted by Crippen LogP contribution is -2.50. The first kappa shape index (κ1) is 19.0. The van der Waals surface area contributed by atoms with Crippen LogP contribution in [0.4, 0.5) is 5.82 Å². The van der Waals surface area contributed by atoms with Gasteiger partial charge in [-0.2, -0.15) is 0 Å². The summed E-state index contributed by atoms with van der Waals surface area (Å²) in [6, 6.07) is 7.38. The van der Waals surface area contributed by atoms with Gasteiger partial charge in [0.05, 0.1) is 5.56 Å². The summed E-state index contributed by atoms with van der Waals surface area (Å²) in [4.78, 5) is 32.1. The van der Waals surface area contributed by atoms with Crippen molar-refractivity contribution in [3.63, 3.8) is 0 Å². The highest BCUT2D eigenvalue weighted by atomic mass is 16.2. The van der Waals surface area contributed by atoms with Crippen LogP contribution in [0.1, 0.15) is 61.4 Å². The van der Waals surface area contributed by atoms with Gasteiger partial charge in [0, 0.05) is 31.1 Å². The maximum Gasteiger partial charge on any atom is 0.253 e. The summed E-state index contributed by atoms with van der Waals surface area (Å²) in [5.41, 5.74) is 1.52. The molecule has 3 rings (SSSR count). The zero-order valence-electron chi connectivity index (χ0n) is 15.7. The fraction of sp³-hybridized carbons (Fsp3) is 0.429. The average Bonchev–Trinajstić information content (AvgIpc) is 2.68. The summed E-state index contributed by atoms with van der Waals surface area (Å²) in [5, 5.41) is 5.98. The van der Waals surface area contributed by atoms with E-state index < -0.39 is 0 Å². The summed E-state index contributed by atoms with van der Waals surface area (Å²) in [6.45, 7) is 1.47. The van der Waals surface area contributed by atoms with Gasteiger partial charge in [0.25, 0.3) is 5.91 Å². The molecule has 1 saturated carbocycles. The van der Waals surface area contributed by atoms with Crippen LogP contribution in [-0.2, 0) is 11.2 Å². The molecule has 2 aromatic rings. The maximum absolute atomic E-state index is 12.7. The first-order valence-electron chi connectivity index (χ1n) is 9.51. The number of carbonyl (C=O) groups is 2. The van der Waals surface area contributed by atoms with E-state index in [9.17, 15) is 9.59 Å². The molecule has 1 fully saturated rings. The van der Waals surface area contributed by atoms with Gasteiger partial charge in [0.15, 0.2) is 0 Å². The van der Waals surface area contributed by atoms with Crippen molar-refractivity contribution in [2.45, 2.75) is 57.4 Å². The fourth-order valence-electron chi connectivity index (χ4n) is 3.69. The van der Waals surface area contributed by atoms with Crippen molar-refractivity contribution in [2.24, 2.45) is 0 Å². The molecule has 2 aromatic heterocycles. The number of carbonyl (C=O) groups excluding carboxylic acids is 2. The monoisotopic (exact) mass is 366 g/mol. The number of hydrogen-bond donors (Lipinski definition) is 2. The SMILES string of the molecule is CC(=O)Nc1ccc(CCC2(NC(=O)c3cccnc3)CCCCC2)cn1. The number of aromatic nitrogens is 2. The van der Waals surface area contributed by atoms with Crippen molar-refractivity contribution in [2.75, 3.05) is 5.32 Å². The third kappa shape index (κ3) is 5.36. The topological polar surface area (TPSA) is 84.0 Å². The quantitative estimate of drug-likeness (QED) is 0.819. The van der Waals surface area contributed by atoms with Crippen LogP contribution in [-0.4, -0.2) is 27.3 Å². The predicted octanol–water partition coefficient (Wildman–Crippen LogP) is 3.50. The van der Waals surface area contributed by atoms with Crippen molar-refractivity contribution >= 4 is 17.6 Å². The minimum absolute atomic E-state index is 0.0517. The summed E-state index contributed by atoms with van der Waals surface area (Å²) in [5.74, 6) is 0.377. The van der Waals surface area contributed by atoms with Crippen LogP contribution >= 0.6 is 0 Å². The molecule has 0 atom stereocenters. The standard InChI is InChI=1S/C21H26N4O2/c1-16(26)24-19-8-7-17(14-23-19)9-12-21(10-3-2-4-11-21)25-20(27)18-6-5-13-22-15-18/h5-8,13-15H,2-4,9-12H2,1H3,(H,25,27)(H,23,24,26). The molecule has 0 saturated heterocycles. The van der Waals surface area contributed by atoms with E-state index in [1.165, 1.54) is 13.3 Å². The Kier molecular flexibility index (Phi) is 6.16. The Bertz CT molecular complexity index is 769. The van der Waals surface area contributed by atoms with E-state index in [1.54, 1.807) is 30.7 Å². The Labute approximate surface area is 159 Å². The molecule has 142 valence electrons. The molecule has 0 unspecified atom stereocenters. The highest BCUT2D eigenvalue weighted by Gasteiger charge is 2.33. The molecule has 6 heteroatoms. The fourth-order valence-corrected chi connectivity index (χ4v) is 3.69. The third-order valence-electron chi connectivity index (χ3n) is 5.13. The zero-order chi connectivity index (χ0) is 19.1. The second kappa shape index (κ2) is 8.75. The van der Waals surface area contributed by atoms with Crippen molar-refractivity contribution < 1.29 is 9.59 Å². The van der Waals surface area contributed by atoms with Crippen LogP contribution in [0.5, 0.6) is 0 Å². The normalized spacial score (nSPS) is 15.7. The van der Waals surface area contributed by atoms with Gasteiger partial charge in [-0.3, -0.25) is 14.6 Å². The Morgan fingerprint density at radius 3 is 2.56 bits per heavy atom. The van der Waals surface area contributed by atoms with E-state index in [-0.39, 0.29) is 17.4 Å². The number of rotatable bonds is 6. The lowest BCUT2D eigenvalue weighted by atomic mass is 9.77. The van der Waals surface area contributed by atoms with E-state index in [0.717, 1.165) is 44.1 Å². The number of anilines is 1. The molecule has 2 amide bonds. The van der Waals surface area contributed by atoms with Crippen molar-refractivity contribution in [1.82, 2.24) is 15.3 Å². The lowest BCUT2D eigenvalue weighted by Gasteiger charge is -2.38. The number of nitrogens with one attached hydrogen (secondary N) is 2. The molecule has 0 radical (unpaired) electrons. The van der Waals surface area contributed by atoms with Gasteiger partial charge in [-0.1, -0.05) is 25.3 Å². The number of aryl methyl sites for hydroxylation is 1. The highest BCUT2D eigenvalue weighted by Crippen LogP contribution is 2.32. The van der Waals surface area contributed by atoms with Gasteiger partial charge >= 0.3 is 0 Å². The van der Waals surface area contributed by atoms with Gasteiger partial charge in [0.2, 0.25) is 5.91 Å². The second-order valence-electron chi connectivity index (χ2n) is 7.27. The first-order valence-corrected chi connectivity index (χ1v) is 9.51. The van der Waals surface area contributed by atoms with E-state index in [1.807, 2.05) is 12.1 Å². The van der Waals surface area contributed by atoms with E-state index in [0.29, 0.717) is 11.4 Å². The molecule has 0 spiro atoms. The van der Waals surface area contributed by atoms with Crippen LogP contribution < -0.4 is 10.6 Å². The Hall–Kier alpha value is -2.76. The molecule has 1 aliphatic carbocycles. The lowest BCUT2D eigenvalue weighted by molar-refractivity contribution is -0.114. The molecular weight excluding hydrogens is 340 g/mol. The molecule has 0 aromatic carbocycles. The van der Waals surface area contributed by atoms with Crippen LogP contribution in [0.2, 0.25) is 0 Å². The van der Waals surface area contributed by atoms with Crippen molar-refractivity contribution in [3.05, 3.63) is 54.0 Å². The van der Waals surface area contributed by atoms with Gasteiger partial charge in [-0.25, -0.2) is 4.98 Å². The molecule has 6 nitrogen and oxygen atoms in total. The summed E-state index contributed by atoms with van der Waals surface area (Å²) >= 11 is 0. The molecule has 2 heterocycles. The molecule has 2 N–H and O–H groups in total. The number of hydrogen-bond acceptors (Lipinski definition) is 4. The molecule has 1 aliphatic rings. The highest BCUT2D eigenvalue weighted by molar-refractivity contribution is 5.94. The van der Waals surface area contributed by atoms with Gasteiger partial charge in [-0.05, 0) is 49.4 Å². The predicted molar refractivity (Wildman–Crippen MR) is 104 cm³/mol. The Morgan fingerprint density at radius 2 is 1.93 bits per heavy atom. The van der Waals surface area contributed by atoms with E-state index in [4.69, 9.17) is 0 Å². The minimum atomic E-state index is -0.179. The second-order valence-corrected chi connectivity index (χ2v) is 7.27. The molecule has 27 heavy (non-hydrogen) atoms. The minimum Gasteiger partial charge on any atom is -0.347 e. The van der Waals surface area contributed by atoms with Crippen LogP contribution in [0.3, 0.4) is 0 Å². The van der Waals surface area contributed by atoms with Crippen LogP contribution in [0.25, 0.3) is 0 Å². The largest absolute Gasteiger partial charge is 0.347 e. The number of nitrogens with zero attached hydrogens (tertiary/aromatic N) is 2. The maximum atomic E-state index is 12.7. The molecule has 0 aliphatic heterocycles.